The molecule has 4 aromatic rings. The summed E-state index contributed by atoms with van der Waals surface area (Å²) in [4.78, 5) is 11.6. The Balaban J connectivity index is 1.50. The number of hydrogen-bond acceptors (Lipinski definition) is 6. The van der Waals surface area contributed by atoms with Crippen molar-refractivity contribution in [3.05, 3.63) is 36.0 Å². The van der Waals surface area contributed by atoms with Crippen molar-refractivity contribution in [1.29, 1.82) is 0 Å². The summed E-state index contributed by atoms with van der Waals surface area (Å²) in [6.45, 7) is 2.41. The number of likely N-dealkylation sites (tertiary alicyclic amines) is 1. The summed E-state index contributed by atoms with van der Waals surface area (Å²) in [5, 5.41) is 12.8. The highest BCUT2D eigenvalue weighted by Crippen LogP contribution is 2.45. The lowest BCUT2D eigenvalue weighted by Crippen LogP contribution is -2.18. The van der Waals surface area contributed by atoms with Gasteiger partial charge in [0.25, 0.3) is 0 Å². The molecule has 0 radical (unpaired) electrons. The molecule has 1 aliphatic carbocycles. The molecule has 0 spiro atoms. The average Bonchev–Trinajstić information content (AvgIpc) is 3.47. The number of hydrogen-bond donors (Lipinski definition) is 1. The van der Waals surface area contributed by atoms with Gasteiger partial charge < -0.3 is 10.2 Å². The molecule has 4 heterocycles. The highest BCUT2D eigenvalue weighted by molar-refractivity contribution is 7.17. The van der Waals surface area contributed by atoms with Crippen LogP contribution in [0, 0.1) is 11.8 Å². The van der Waals surface area contributed by atoms with Crippen LogP contribution < -0.4 is 5.32 Å². The van der Waals surface area contributed by atoms with Crippen molar-refractivity contribution >= 4 is 38.3 Å². The van der Waals surface area contributed by atoms with Crippen LogP contribution in [0.4, 0.5) is 5.82 Å². The molecule has 2 atom stereocenters. The monoisotopic (exact) mass is 404 g/mol. The standard InChI is InChI=1S/C22H24N6S/c1-23-21-19-20(14-3-4-18-13(7-14)5-6-29-18)26-28(22(19)25-12-24-21)17-8-15-10-27(2)11-16(15)9-17/h3-7,12,15-17H,8-11H2,1-2H3,(H,23,24,25). The second-order valence-corrected chi connectivity index (χ2v) is 9.45. The molecule has 1 saturated heterocycles. The van der Waals surface area contributed by atoms with Gasteiger partial charge in [-0.2, -0.15) is 5.10 Å². The van der Waals surface area contributed by atoms with E-state index in [2.05, 4.69) is 61.6 Å². The maximum atomic E-state index is 5.15. The minimum absolute atomic E-state index is 0.416. The lowest BCUT2D eigenvalue weighted by atomic mass is 10.0. The predicted molar refractivity (Wildman–Crippen MR) is 118 cm³/mol. The van der Waals surface area contributed by atoms with Crippen LogP contribution in [0.3, 0.4) is 0 Å². The lowest BCUT2D eigenvalue weighted by molar-refractivity contribution is 0.346. The third-order valence-corrected chi connectivity index (χ3v) is 7.60. The Labute approximate surface area is 173 Å². The topological polar surface area (TPSA) is 58.9 Å². The van der Waals surface area contributed by atoms with Crippen LogP contribution in [0.15, 0.2) is 36.0 Å². The summed E-state index contributed by atoms with van der Waals surface area (Å²) in [5.41, 5.74) is 3.05. The van der Waals surface area contributed by atoms with Crippen molar-refractivity contribution in [1.82, 2.24) is 24.6 Å². The zero-order valence-electron chi connectivity index (χ0n) is 16.7. The first-order valence-corrected chi connectivity index (χ1v) is 11.2. The van der Waals surface area contributed by atoms with Gasteiger partial charge in [-0.1, -0.05) is 6.07 Å². The van der Waals surface area contributed by atoms with Gasteiger partial charge in [-0.25, -0.2) is 14.6 Å². The number of rotatable bonds is 3. The third-order valence-electron chi connectivity index (χ3n) is 6.71. The van der Waals surface area contributed by atoms with Gasteiger partial charge in [-0.15, -0.1) is 11.3 Å². The first-order valence-electron chi connectivity index (χ1n) is 10.3. The number of nitrogens with one attached hydrogen (secondary N) is 1. The number of fused-ring (bicyclic) bond motifs is 3. The van der Waals surface area contributed by atoms with Crippen LogP contribution in [0.5, 0.6) is 0 Å². The molecule has 6 nitrogen and oxygen atoms in total. The SMILES string of the molecule is CNc1ncnc2c1c(-c1ccc3sccc3c1)nn2C1CC2CN(C)CC2C1. The number of anilines is 1. The van der Waals surface area contributed by atoms with Gasteiger partial charge in [0.1, 0.15) is 17.8 Å². The van der Waals surface area contributed by atoms with E-state index in [1.807, 2.05) is 7.05 Å². The summed E-state index contributed by atoms with van der Waals surface area (Å²) in [6, 6.07) is 9.20. The largest absolute Gasteiger partial charge is 0.372 e. The molecular formula is C22H24N6S. The molecule has 0 amide bonds. The Bertz CT molecular complexity index is 1200. The van der Waals surface area contributed by atoms with Crippen molar-refractivity contribution in [2.75, 3.05) is 32.5 Å². The quantitative estimate of drug-likeness (QED) is 0.553. The molecule has 1 saturated carbocycles. The van der Waals surface area contributed by atoms with Crippen molar-refractivity contribution < 1.29 is 0 Å². The van der Waals surface area contributed by atoms with Gasteiger partial charge in [0.2, 0.25) is 0 Å². The Morgan fingerprint density at radius 3 is 2.72 bits per heavy atom. The first-order chi connectivity index (χ1) is 14.2. The van der Waals surface area contributed by atoms with E-state index in [-0.39, 0.29) is 0 Å². The second kappa shape index (κ2) is 6.50. The van der Waals surface area contributed by atoms with E-state index in [1.165, 1.54) is 36.0 Å². The minimum atomic E-state index is 0.416. The molecular weight excluding hydrogens is 380 g/mol. The van der Waals surface area contributed by atoms with Gasteiger partial charge in [0.05, 0.1) is 11.4 Å². The van der Waals surface area contributed by atoms with Crippen LogP contribution in [0.1, 0.15) is 18.9 Å². The Morgan fingerprint density at radius 1 is 1.10 bits per heavy atom. The van der Waals surface area contributed by atoms with Crippen molar-refractivity contribution in [3.63, 3.8) is 0 Å². The van der Waals surface area contributed by atoms with Gasteiger partial charge in [-0.05, 0) is 60.7 Å². The lowest BCUT2D eigenvalue weighted by Gasteiger charge is -2.15. The van der Waals surface area contributed by atoms with Crippen LogP contribution in [0.25, 0.3) is 32.4 Å². The van der Waals surface area contributed by atoms with Crippen molar-refractivity contribution in [2.45, 2.75) is 18.9 Å². The molecule has 6 rings (SSSR count). The highest BCUT2D eigenvalue weighted by Gasteiger charge is 2.41. The van der Waals surface area contributed by atoms with E-state index < -0.39 is 0 Å². The van der Waals surface area contributed by atoms with E-state index in [9.17, 15) is 0 Å². The average molecular weight is 405 g/mol. The highest BCUT2D eigenvalue weighted by atomic mass is 32.1. The number of benzene rings is 1. The van der Waals surface area contributed by atoms with E-state index in [1.54, 1.807) is 17.7 Å². The Morgan fingerprint density at radius 2 is 1.93 bits per heavy atom. The van der Waals surface area contributed by atoms with Crippen LogP contribution in [-0.4, -0.2) is 51.8 Å². The molecule has 3 aromatic heterocycles. The van der Waals surface area contributed by atoms with Crippen LogP contribution in [-0.2, 0) is 0 Å². The molecule has 1 N–H and O–H groups in total. The van der Waals surface area contributed by atoms with E-state index in [0.717, 1.165) is 39.9 Å². The zero-order valence-corrected chi connectivity index (χ0v) is 17.5. The Kier molecular flexibility index (Phi) is 3.89. The van der Waals surface area contributed by atoms with E-state index >= 15 is 0 Å². The molecule has 0 bridgehead atoms. The third kappa shape index (κ3) is 2.68. The maximum absolute atomic E-state index is 5.15. The van der Waals surface area contributed by atoms with Gasteiger partial charge in [-0.3, -0.25) is 0 Å². The molecule has 29 heavy (non-hydrogen) atoms. The number of thiophene rings is 1. The van der Waals surface area contributed by atoms with Crippen molar-refractivity contribution in [3.8, 4) is 11.3 Å². The molecule has 1 aliphatic heterocycles. The molecule has 2 fully saturated rings. The fourth-order valence-corrected chi connectivity index (χ4v) is 6.21. The molecule has 2 unspecified atom stereocenters. The number of aromatic nitrogens is 4. The molecule has 1 aromatic carbocycles. The smallest absolute Gasteiger partial charge is 0.164 e. The minimum Gasteiger partial charge on any atom is -0.372 e. The Hall–Kier alpha value is -2.51. The van der Waals surface area contributed by atoms with E-state index in [0.29, 0.717) is 6.04 Å². The zero-order chi connectivity index (χ0) is 19.5. The van der Waals surface area contributed by atoms with Crippen LogP contribution in [0.2, 0.25) is 0 Å². The summed E-state index contributed by atoms with van der Waals surface area (Å²) >= 11 is 1.77. The summed E-state index contributed by atoms with van der Waals surface area (Å²) in [7, 11) is 4.16. The molecule has 7 heteroatoms. The van der Waals surface area contributed by atoms with Crippen LogP contribution >= 0.6 is 11.3 Å². The fraction of sp³-hybridized carbons (Fsp3) is 0.409. The number of nitrogens with zero attached hydrogens (tertiary/aromatic N) is 5. The summed E-state index contributed by atoms with van der Waals surface area (Å²) in [5.74, 6) is 2.40. The maximum Gasteiger partial charge on any atom is 0.164 e. The van der Waals surface area contributed by atoms with Gasteiger partial charge in [0, 0.05) is 30.4 Å². The van der Waals surface area contributed by atoms with Crippen molar-refractivity contribution in [2.24, 2.45) is 11.8 Å². The second-order valence-electron chi connectivity index (χ2n) is 8.50. The molecule has 148 valence electrons. The molecule has 2 aliphatic rings. The van der Waals surface area contributed by atoms with Gasteiger partial charge >= 0.3 is 0 Å². The fourth-order valence-electron chi connectivity index (χ4n) is 5.44. The normalized spacial score (nSPS) is 24.6. The van der Waals surface area contributed by atoms with Gasteiger partial charge in [0.15, 0.2) is 5.65 Å². The summed E-state index contributed by atoms with van der Waals surface area (Å²) < 4.78 is 3.50. The van der Waals surface area contributed by atoms with E-state index in [4.69, 9.17) is 5.10 Å². The predicted octanol–water partition coefficient (Wildman–Crippen LogP) is 4.26. The first kappa shape index (κ1) is 17.4. The summed E-state index contributed by atoms with van der Waals surface area (Å²) in [6.07, 6.45) is 4.03.